The highest BCUT2D eigenvalue weighted by Crippen LogP contribution is 2.17. The fourth-order valence-electron chi connectivity index (χ4n) is 3.00. The van der Waals surface area contributed by atoms with E-state index in [-0.39, 0.29) is 24.5 Å². The molecule has 0 radical (unpaired) electrons. The predicted molar refractivity (Wildman–Crippen MR) is 108 cm³/mol. The first kappa shape index (κ1) is 19.9. The van der Waals surface area contributed by atoms with Gasteiger partial charge < -0.3 is 19.7 Å². The minimum absolute atomic E-state index is 0.0238. The van der Waals surface area contributed by atoms with Gasteiger partial charge in [0.2, 0.25) is 5.91 Å². The number of carbonyl (C=O) groups is 2. The first-order chi connectivity index (χ1) is 13.5. The molecular weight excluding hydrogens is 356 g/mol. The minimum atomic E-state index is -0.240. The number of hydrogen-bond donors (Lipinski definition) is 1. The number of aryl methyl sites for hydroxylation is 1. The number of likely N-dealkylation sites (N-methyl/N-ethyl adjacent to an activating group) is 1. The largest absolute Gasteiger partial charge is 0.491 e. The maximum atomic E-state index is 12.5. The summed E-state index contributed by atoms with van der Waals surface area (Å²) in [6.45, 7) is 3.28. The molecule has 0 unspecified atom stereocenters. The summed E-state index contributed by atoms with van der Waals surface area (Å²) >= 11 is 0. The average Bonchev–Trinajstić information content (AvgIpc) is 3.21. The summed E-state index contributed by atoms with van der Waals surface area (Å²) in [6, 6.07) is 14.5. The number of hydrogen-bond acceptors (Lipinski definition) is 4. The lowest BCUT2D eigenvalue weighted by molar-refractivity contribution is -0.116. The molecule has 1 aliphatic heterocycles. The highest BCUT2D eigenvalue weighted by molar-refractivity contribution is 5.99. The molecule has 0 aromatic heterocycles. The summed E-state index contributed by atoms with van der Waals surface area (Å²) in [5, 5.41) is 2.79. The average molecular weight is 382 g/mol. The molecule has 0 spiro atoms. The molecule has 1 atom stereocenters. The third-order valence-electron chi connectivity index (χ3n) is 4.62. The molecule has 148 valence electrons. The van der Waals surface area contributed by atoms with Crippen LogP contribution in [0.3, 0.4) is 0 Å². The molecule has 0 saturated carbocycles. The Morgan fingerprint density at radius 1 is 1.14 bits per heavy atom. The van der Waals surface area contributed by atoms with E-state index in [1.807, 2.05) is 31.2 Å². The molecule has 1 aliphatic rings. The number of anilines is 1. The summed E-state index contributed by atoms with van der Waals surface area (Å²) in [7, 11) is 1.61. The molecule has 1 N–H and O–H groups in total. The van der Waals surface area contributed by atoms with Gasteiger partial charge in [0.25, 0.3) is 5.91 Å². The summed E-state index contributed by atoms with van der Waals surface area (Å²) in [6.07, 6.45) is 2.25. The number of rotatable bonds is 7. The topological polar surface area (TPSA) is 67.9 Å². The van der Waals surface area contributed by atoms with Gasteiger partial charge in [0.15, 0.2) is 0 Å². The van der Waals surface area contributed by atoms with Crippen LogP contribution >= 0.6 is 0 Å². The van der Waals surface area contributed by atoms with Gasteiger partial charge in [0.1, 0.15) is 12.4 Å². The Morgan fingerprint density at radius 2 is 1.86 bits per heavy atom. The molecule has 1 heterocycles. The molecule has 2 amide bonds. The zero-order valence-electron chi connectivity index (χ0n) is 16.3. The van der Waals surface area contributed by atoms with Crippen molar-refractivity contribution in [1.29, 1.82) is 0 Å². The van der Waals surface area contributed by atoms with Gasteiger partial charge in [0.05, 0.1) is 12.6 Å². The third-order valence-corrected chi connectivity index (χ3v) is 4.62. The van der Waals surface area contributed by atoms with E-state index in [2.05, 4.69) is 5.32 Å². The van der Waals surface area contributed by atoms with Crippen molar-refractivity contribution >= 4 is 17.5 Å². The smallest absolute Gasteiger partial charge is 0.254 e. The van der Waals surface area contributed by atoms with Crippen LogP contribution in [-0.4, -0.2) is 49.6 Å². The van der Waals surface area contributed by atoms with Crippen LogP contribution in [0.4, 0.5) is 5.69 Å². The SMILES string of the molecule is Cc1ccc(NC(=O)CN(C)C(=O)c2ccc(OC[C@H]3CCCO3)cc2)cc1. The highest BCUT2D eigenvalue weighted by Gasteiger charge is 2.17. The van der Waals surface area contributed by atoms with E-state index in [4.69, 9.17) is 9.47 Å². The van der Waals surface area contributed by atoms with Crippen molar-refractivity contribution in [3.63, 3.8) is 0 Å². The molecule has 6 heteroatoms. The van der Waals surface area contributed by atoms with Crippen LogP contribution in [0.2, 0.25) is 0 Å². The maximum absolute atomic E-state index is 12.5. The Hall–Kier alpha value is -2.86. The zero-order valence-corrected chi connectivity index (χ0v) is 16.3. The molecule has 28 heavy (non-hydrogen) atoms. The fourth-order valence-corrected chi connectivity index (χ4v) is 3.00. The lowest BCUT2D eigenvalue weighted by atomic mass is 10.2. The van der Waals surface area contributed by atoms with E-state index in [0.29, 0.717) is 23.6 Å². The molecule has 2 aromatic rings. The quantitative estimate of drug-likeness (QED) is 0.798. The molecule has 3 rings (SSSR count). The molecule has 0 bridgehead atoms. The van der Waals surface area contributed by atoms with Crippen LogP contribution in [-0.2, 0) is 9.53 Å². The van der Waals surface area contributed by atoms with Crippen LogP contribution in [0.25, 0.3) is 0 Å². The van der Waals surface area contributed by atoms with E-state index < -0.39 is 0 Å². The second kappa shape index (κ2) is 9.37. The van der Waals surface area contributed by atoms with E-state index in [9.17, 15) is 9.59 Å². The van der Waals surface area contributed by atoms with Crippen molar-refractivity contribution < 1.29 is 19.1 Å². The summed E-state index contributed by atoms with van der Waals surface area (Å²) in [5.74, 6) is 0.243. The van der Waals surface area contributed by atoms with Gasteiger partial charge in [-0.2, -0.15) is 0 Å². The minimum Gasteiger partial charge on any atom is -0.491 e. The van der Waals surface area contributed by atoms with Gasteiger partial charge >= 0.3 is 0 Å². The van der Waals surface area contributed by atoms with Crippen molar-refractivity contribution in [1.82, 2.24) is 4.90 Å². The number of benzene rings is 2. The zero-order chi connectivity index (χ0) is 19.9. The van der Waals surface area contributed by atoms with Crippen molar-refractivity contribution in [2.24, 2.45) is 0 Å². The van der Waals surface area contributed by atoms with Crippen LogP contribution in [0, 0.1) is 6.92 Å². The monoisotopic (exact) mass is 382 g/mol. The first-order valence-corrected chi connectivity index (χ1v) is 9.48. The Bertz CT molecular complexity index is 796. The Morgan fingerprint density at radius 3 is 2.50 bits per heavy atom. The lowest BCUT2D eigenvalue weighted by Gasteiger charge is -2.17. The van der Waals surface area contributed by atoms with Crippen molar-refractivity contribution in [3.8, 4) is 5.75 Å². The van der Waals surface area contributed by atoms with E-state index >= 15 is 0 Å². The number of nitrogens with one attached hydrogen (secondary N) is 1. The van der Waals surface area contributed by atoms with Gasteiger partial charge in [0, 0.05) is 24.9 Å². The summed E-state index contributed by atoms with van der Waals surface area (Å²) in [4.78, 5) is 26.1. The molecule has 2 aromatic carbocycles. The maximum Gasteiger partial charge on any atom is 0.254 e. The van der Waals surface area contributed by atoms with Gasteiger partial charge in [-0.25, -0.2) is 0 Å². The molecule has 1 fully saturated rings. The van der Waals surface area contributed by atoms with E-state index in [0.717, 1.165) is 25.0 Å². The van der Waals surface area contributed by atoms with E-state index in [1.165, 1.54) is 4.90 Å². The summed E-state index contributed by atoms with van der Waals surface area (Å²) < 4.78 is 11.2. The Labute approximate surface area is 165 Å². The lowest BCUT2D eigenvalue weighted by Crippen LogP contribution is -2.34. The third kappa shape index (κ3) is 5.57. The van der Waals surface area contributed by atoms with Crippen molar-refractivity contribution in [3.05, 3.63) is 59.7 Å². The number of carbonyl (C=O) groups excluding carboxylic acids is 2. The predicted octanol–water partition coefficient (Wildman–Crippen LogP) is 3.26. The van der Waals surface area contributed by atoms with Crippen LogP contribution < -0.4 is 10.1 Å². The van der Waals surface area contributed by atoms with Gasteiger partial charge in [-0.3, -0.25) is 9.59 Å². The van der Waals surface area contributed by atoms with Crippen LogP contribution in [0.1, 0.15) is 28.8 Å². The number of ether oxygens (including phenoxy) is 2. The highest BCUT2D eigenvalue weighted by atomic mass is 16.5. The van der Waals surface area contributed by atoms with Gasteiger partial charge in [-0.15, -0.1) is 0 Å². The molecule has 0 aliphatic carbocycles. The first-order valence-electron chi connectivity index (χ1n) is 9.48. The fraction of sp³-hybridized carbons (Fsp3) is 0.364. The van der Waals surface area contributed by atoms with Gasteiger partial charge in [-0.05, 0) is 56.2 Å². The molecule has 6 nitrogen and oxygen atoms in total. The van der Waals surface area contributed by atoms with Crippen LogP contribution in [0.5, 0.6) is 5.75 Å². The standard InChI is InChI=1S/C22H26N2O4/c1-16-5-9-18(10-6-16)23-21(25)14-24(2)22(26)17-7-11-19(12-8-17)28-15-20-4-3-13-27-20/h5-12,20H,3-4,13-15H2,1-2H3,(H,23,25)/t20-/m1/s1. The van der Waals surface area contributed by atoms with Crippen LogP contribution in [0.15, 0.2) is 48.5 Å². The van der Waals surface area contributed by atoms with Gasteiger partial charge in [-0.1, -0.05) is 17.7 Å². The second-order valence-corrected chi connectivity index (χ2v) is 7.05. The molecule has 1 saturated heterocycles. The van der Waals surface area contributed by atoms with Crippen molar-refractivity contribution in [2.45, 2.75) is 25.9 Å². The number of nitrogens with zero attached hydrogens (tertiary/aromatic N) is 1. The Kier molecular flexibility index (Phi) is 6.66. The van der Waals surface area contributed by atoms with E-state index in [1.54, 1.807) is 31.3 Å². The Balaban J connectivity index is 1.49. The normalized spacial score (nSPS) is 15.9. The summed E-state index contributed by atoms with van der Waals surface area (Å²) in [5.41, 5.74) is 2.34. The van der Waals surface area contributed by atoms with Crippen molar-refractivity contribution in [2.75, 3.05) is 32.1 Å². The second-order valence-electron chi connectivity index (χ2n) is 7.05. The number of amides is 2. The molecular formula is C22H26N2O4.